The summed E-state index contributed by atoms with van der Waals surface area (Å²) >= 11 is 0. The Kier molecular flexibility index (Phi) is 7.10. The molecule has 0 spiro atoms. The van der Waals surface area contributed by atoms with Gasteiger partial charge in [0.15, 0.2) is 6.61 Å². The van der Waals surface area contributed by atoms with E-state index in [2.05, 4.69) is 5.32 Å². The van der Waals surface area contributed by atoms with E-state index in [1.54, 1.807) is 50.6 Å². The van der Waals surface area contributed by atoms with Gasteiger partial charge in [0.1, 0.15) is 23.3 Å². The molecule has 0 radical (unpaired) electrons. The Labute approximate surface area is 204 Å². The van der Waals surface area contributed by atoms with Crippen molar-refractivity contribution in [3.8, 4) is 17.2 Å². The average Bonchev–Trinajstić information content (AvgIpc) is 3.02. The molecule has 1 aliphatic heterocycles. The number of aryl methyl sites for hydroxylation is 1. The molecule has 3 aromatic carbocycles. The van der Waals surface area contributed by atoms with Crippen molar-refractivity contribution in [2.24, 2.45) is 0 Å². The van der Waals surface area contributed by atoms with E-state index < -0.39 is 6.04 Å². The molecule has 1 unspecified atom stereocenters. The van der Waals surface area contributed by atoms with Gasteiger partial charge in [-0.15, -0.1) is 0 Å². The number of nitrogens with zero attached hydrogens (tertiary/aromatic N) is 1. The number of anilines is 2. The van der Waals surface area contributed by atoms with Crippen molar-refractivity contribution in [2.45, 2.75) is 25.9 Å². The Morgan fingerprint density at radius 3 is 2.54 bits per heavy atom. The minimum Gasteiger partial charge on any atom is -0.497 e. The van der Waals surface area contributed by atoms with Gasteiger partial charge in [-0.05, 0) is 48.4 Å². The third-order valence-corrected chi connectivity index (χ3v) is 6.04. The summed E-state index contributed by atoms with van der Waals surface area (Å²) < 4.78 is 16.8. The Balaban J connectivity index is 1.78. The Morgan fingerprint density at radius 2 is 1.86 bits per heavy atom. The summed E-state index contributed by atoms with van der Waals surface area (Å²) in [5.41, 5.74) is 9.27. The van der Waals surface area contributed by atoms with Crippen molar-refractivity contribution in [1.82, 2.24) is 4.90 Å². The highest BCUT2D eigenvalue weighted by molar-refractivity contribution is 5.99. The Bertz CT molecular complexity index is 1230. The van der Waals surface area contributed by atoms with Crippen molar-refractivity contribution in [2.75, 3.05) is 31.9 Å². The number of amides is 2. The standard InChI is InChI=1S/C27H29N3O5/c1-4-17-6-5-7-22-25(27(32)29-20-11-9-19(28)10-12-20)30(24(31)16-35-26(17)22)15-18-8-13-21(33-2)14-23(18)34-3/h5-14,25H,4,15-16,28H2,1-3H3,(H,29,32). The first-order valence-electron chi connectivity index (χ1n) is 11.4. The maximum Gasteiger partial charge on any atom is 0.261 e. The second-order valence-electron chi connectivity index (χ2n) is 8.19. The molecule has 4 rings (SSSR count). The number of benzene rings is 3. The lowest BCUT2D eigenvalue weighted by Gasteiger charge is -2.30. The van der Waals surface area contributed by atoms with Gasteiger partial charge in [0.2, 0.25) is 0 Å². The van der Waals surface area contributed by atoms with Crippen LogP contribution in [0, 0.1) is 0 Å². The minimum absolute atomic E-state index is 0.144. The lowest BCUT2D eigenvalue weighted by Crippen LogP contribution is -2.41. The van der Waals surface area contributed by atoms with Crippen molar-refractivity contribution < 1.29 is 23.8 Å². The number of hydrogen-bond donors (Lipinski definition) is 2. The maximum absolute atomic E-state index is 13.7. The zero-order chi connectivity index (χ0) is 24.9. The number of carbonyl (C=O) groups is 2. The van der Waals surface area contributed by atoms with Crippen LogP contribution in [0.3, 0.4) is 0 Å². The fraction of sp³-hybridized carbons (Fsp3) is 0.259. The van der Waals surface area contributed by atoms with Crippen LogP contribution in [0.2, 0.25) is 0 Å². The summed E-state index contributed by atoms with van der Waals surface area (Å²) in [4.78, 5) is 28.6. The first-order valence-corrected chi connectivity index (χ1v) is 11.4. The highest BCUT2D eigenvalue weighted by Crippen LogP contribution is 2.38. The summed E-state index contributed by atoms with van der Waals surface area (Å²) in [7, 11) is 3.13. The van der Waals surface area contributed by atoms with E-state index in [1.807, 2.05) is 31.2 Å². The molecule has 1 atom stereocenters. The van der Waals surface area contributed by atoms with E-state index in [0.717, 1.165) is 11.1 Å². The average molecular weight is 476 g/mol. The second-order valence-corrected chi connectivity index (χ2v) is 8.19. The third kappa shape index (κ3) is 5.01. The number of nitrogens with one attached hydrogen (secondary N) is 1. The van der Waals surface area contributed by atoms with Crippen LogP contribution in [0.15, 0.2) is 60.7 Å². The second kappa shape index (κ2) is 10.4. The summed E-state index contributed by atoms with van der Waals surface area (Å²) in [6.07, 6.45) is 0.704. The molecule has 35 heavy (non-hydrogen) atoms. The van der Waals surface area contributed by atoms with Crippen LogP contribution in [0.1, 0.15) is 29.7 Å². The highest BCUT2D eigenvalue weighted by Gasteiger charge is 2.37. The molecule has 0 saturated carbocycles. The fourth-order valence-corrected chi connectivity index (χ4v) is 4.21. The molecule has 0 bridgehead atoms. The molecule has 8 nitrogen and oxygen atoms in total. The molecule has 1 heterocycles. The number of ether oxygens (including phenoxy) is 3. The highest BCUT2D eigenvalue weighted by atomic mass is 16.5. The van der Waals surface area contributed by atoms with Gasteiger partial charge in [0.25, 0.3) is 11.8 Å². The number of rotatable bonds is 7. The molecular weight excluding hydrogens is 446 g/mol. The van der Waals surface area contributed by atoms with Crippen LogP contribution in [0.25, 0.3) is 0 Å². The Morgan fingerprint density at radius 1 is 1.09 bits per heavy atom. The maximum atomic E-state index is 13.7. The predicted octanol–water partition coefficient (Wildman–Crippen LogP) is 3.95. The number of carbonyl (C=O) groups excluding carboxylic acids is 2. The van der Waals surface area contributed by atoms with Gasteiger partial charge >= 0.3 is 0 Å². The van der Waals surface area contributed by atoms with Crippen LogP contribution in [-0.2, 0) is 22.6 Å². The van der Waals surface area contributed by atoms with Crippen LogP contribution in [-0.4, -0.2) is 37.5 Å². The van der Waals surface area contributed by atoms with Crippen molar-refractivity contribution in [1.29, 1.82) is 0 Å². The zero-order valence-corrected chi connectivity index (χ0v) is 20.0. The van der Waals surface area contributed by atoms with Gasteiger partial charge < -0.3 is 30.2 Å². The van der Waals surface area contributed by atoms with Crippen LogP contribution < -0.4 is 25.3 Å². The largest absolute Gasteiger partial charge is 0.497 e. The molecule has 1 aliphatic rings. The lowest BCUT2D eigenvalue weighted by molar-refractivity contribution is -0.140. The third-order valence-electron chi connectivity index (χ3n) is 6.04. The number of nitrogen functional groups attached to an aromatic ring is 1. The van der Waals surface area contributed by atoms with E-state index in [-0.39, 0.29) is 25.0 Å². The van der Waals surface area contributed by atoms with Gasteiger partial charge in [-0.1, -0.05) is 25.1 Å². The first kappa shape index (κ1) is 23.9. The molecule has 3 aromatic rings. The summed E-state index contributed by atoms with van der Waals surface area (Å²) in [6, 6.07) is 17.0. The van der Waals surface area contributed by atoms with E-state index in [4.69, 9.17) is 19.9 Å². The number of fused-ring (bicyclic) bond motifs is 1. The van der Waals surface area contributed by atoms with Gasteiger partial charge in [0, 0.05) is 28.6 Å². The van der Waals surface area contributed by atoms with Crippen LogP contribution in [0.5, 0.6) is 17.2 Å². The van der Waals surface area contributed by atoms with Gasteiger partial charge in [-0.25, -0.2) is 0 Å². The van der Waals surface area contributed by atoms with Crippen molar-refractivity contribution in [3.63, 3.8) is 0 Å². The number of hydrogen-bond acceptors (Lipinski definition) is 6. The SMILES string of the molecule is CCc1cccc2c1OCC(=O)N(Cc1ccc(OC)cc1OC)C2C(=O)Nc1ccc(N)cc1. The van der Waals surface area contributed by atoms with Crippen molar-refractivity contribution in [3.05, 3.63) is 77.4 Å². The Hall–Kier alpha value is -4.20. The van der Waals surface area contributed by atoms with E-state index in [0.29, 0.717) is 40.6 Å². The van der Waals surface area contributed by atoms with Crippen molar-refractivity contribution >= 4 is 23.2 Å². The quantitative estimate of drug-likeness (QED) is 0.502. The number of methoxy groups -OCH3 is 2. The molecule has 0 saturated heterocycles. The number of nitrogens with two attached hydrogens (primary N) is 1. The molecule has 0 aliphatic carbocycles. The minimum atomic E-state index is -0.920. The zero-order valence-electron chi connectivity index (χ0n) is 20.0. The molecule has 0 fully saturated rings. The monoisotopic (exact) mass is 475 g/mol. The first-order chi connectivity index (χ1) is 16.9. The van der Waals surface area contributed by atoms with E-state index >= 15 is 0 Å². The van der Waals surface area contributed by atoms with Gasteiger partial charge in [0.05, 0.1) is 20.8 Å². The summed E-state index contributed by atoms with van der Waals surface area (Å²) in [5, 5.41) is 2.93. The van der Waals surface area contributed by atoms with Gasteiger partial charge in [-0.2, -0.15) is 0 Å². The predicted molar refractivity (Wildman–Crippen MR) is 134 cm³/mol. The van der Waals surface area contributed by atoms with Crippen LogP contribution in [0.4, 0.5) is 11.4 Å². The molecule has 3 N–H and O–H groups in total. The molecular formula is C27H29N3O5. The van der Waals surface area contributed by atoms with Gasteiger partial charge in [-0.3, -0.25) is 9.59 Å². The van der Waals surface area contributed by atoms with E-state index in [9.17, 15) is 9.59 Å². The summed E-state index contributed by atoms with van der Waals surface area (Å²) in [6.45, 7) is 1.98. The lowest BCUT2D eigenvalue weighted by atomic mass is 9.98. The smallest absolute Gasteiger partial charge is 0.261 e. The molecule has 2 amide bonds. The molecule has 8 heteroatoms. The fourth-order valence-electron chi connectivity index (χ4n) is 4.21. The summed E-state index contributed by atoms with van der Waals surface area (Å²) in [5.74, 6) is 1.11. The normalized spacial score (nSPS) is 15.0. The topological polar surface area (TPSA) is 103 Å². The van der Waals surface area contributed by atoms with E-state index in [1.165, 1.54) is 4.90 Å². The molecule has 182 valence electrons. The molecule has 0 aromatic heterocycles. The van der Waals surface area contributed by atoms with Crippen LogP contribution >= 0.6 is 0 Å². The number of para-hydroxylation sites is 1.